The Labute approximate surface area is 224 Å². The number of pyridine rings is 3. The molecule has 4 aromatic rings. The van der Waals surface area contributed by atoms with Gasteiger partial charge in [0.25, 0.3) is 5.56 Å². The predicted octanol–water partition coefficient (Wildman–Crippen LogP) is 5.11. The molecule has 0 bridgehead atoms. The molecule has 3 heterocycles. The Morgan fingerprint density at radius 1 is 0.886 bits per heavy atom. The van der Waals surface area contributed by atoms with Gasteiger partial charge < -0.3 is 9.30 Å². The van der Waals surface area contributed by atoms with Crippen LogP contribution in [0.4, 0.5) is 0 Å². The second-order valence-corrected chi connectivity index (χ2v) is 7.87. The molecule has 6 nitrogen and oxygen atoms in total. The first-order valence-corrected chi connectivity index (χ1v) is 10.9. The van der Waals surface area contributed by atoms with Crippen molar-refractivity contribution in [3.8, 4) is 5.75 Å². The molecular formula is C26H31Cl3N4O2. The van der Waals surface area contributed by atoms with Crippen molar-refractivity contribution in [2.45, 2.75) is 19.4 Å². The van der Waals surface area contributed by atoms with Gasteiger partial charge in [-0.1, -0.05) is 18.2 Å². The maximum Gasteiger partial charge on any atom is 0.254 e. The molecule has 0 aliphatic carbocycles. The van der Waals surface area contributed by atoms with E-state index < -0.39 is 0 Å². The standard InChI is InChI=1S/C26H28N4O2.3ClH/c1-29-24-8-3-2-7-23(24)25(18-26(29)31)32-17-5-15-30(20-22-9-13-27-14-10-22)16-11-21-6-4-12-28-19-21;;;/h2-4,6-10,12-14,18-19H,5,11,15-17,20H2,1H3;3*1H. The molecule has 0 N–H and O–H groups in total. The van der Waals surface area contributed by atoms with Crippen molar-refractivity contribution in [2.24, 2.45) is 7.05 Å². The number of aromatic nitrogens is 3. The zero-order valence-electron chi connectivity index (χ0n) is 19.6. The van der Waals surface area contributed by atoms with Crippen LogP contribution in [0.1, 0.15) is 17.5 Å². The molecule has 0 saturated carbocycles. The summed E-state index contributed by atoms with van der Waals surface area (Å²) < 4.78 is 7.71. The quantitative estimate of drug-likeness (QED) is 0.263. The van der Waals surface area contributed by atoms with Crippen molar-refractivity contribution in [3.05, 3.63) is 101 Å². The second kappa shape index (κ2) is 15.4. The van der Waals surface area contributed by atoms with Gasteiger partial charge in [0.1, 0.15) is 5.75 Å². The number of hydrogen-bond acceptors (Lipinski definition) is 5. The van der Waals surface area contributed by atoms with Crippen LogP contribution in [-0.2, 0) is 20.0 Å². The van der Waals surface area contributed by atoms with Crippen LogP contribution in [0.3, 0.4) is 0 Å². The fourth-order valence-electron chi connectivity index (χ4n) is 3.82. The van der Waals surface area contributed by atoms with Crippen LogP contribution in [0.2, 0.25) is 0 Å². The average molecular weight is 538 g/mol. The summed E-state index contributed by atoms with van der Waals surface area (Å²) in [6.07, 6.45) is 9.20. The summed E-state index contributed by atoms with van der Waals surface area (Å²) in [7, 11) is 1.79. The van der Waals surface area contributed by atoms with Gasteiger partial charge in [-0.05, 0) is 54.3 Å². The van der Waals surface area contributed by atoms with Crippen molar-refractivity contribution in [3.63, 3.8) is 0 Å². The summed E-state index contributed by atoms with van der Waals surface area (Å²) in [6.45, 7) is 3.24. The van der Waals surface area contributed by atoms with Crippen LogP contribution in [0.25, 0.3) is 10.9 Å². The summed E-state index contributed by atoms with van der Waals surface area (Å²) >= 11 is 0. The Morgan fingerprint density at radius 3 is 2.40 bits per heavy atom. The first kappa shape index (κ1) is 30.4. The van der Waals surface area contributed by atoms with Gasteiger partial charge in [0.15, 0.2) is 0 Å². The third-order valence-corrected chi connectivity index (χ3v) is 5.59. The number of halogens is 3. The molecule has 0 spiro atoms. The lowest BCUT2D eigenvalue weighted by atomic mass is 10.2. The van der Waals surface area contributed by atoms with Crippen LogP contribution in [0, 0.1) is 0 Å². The fraction of sp³-hybridized carbons (Fsp3) is 0.269. The molecule has 0 saturated heterocycles. The minimum atomic E-state index is -0.0607. The molecule has 0 radical (unpaired) electrons. The van der Waals surface area contributed by atoms with E-state index in [0.29, 0.717) is 12.4 Å². The molecular weight excluding hydrogens is 507 g/mol. The van der Waals surface area contributed by atoms with E-state index in [1.54, 1.807) is 23.9 Å². The molecule has 9 heteroatoms. The first-order chi connectivity index (χ1) is 15.7. The summed E-state index contributed by atoms with van der Waals surface area (Å²) in [5.74, 6) is 0.653. The van der Waals surface area contributed by atoms with Gasteiger partial charge in [0.05, 0.1) is 12.1 Å². The topological polar surface area (TPSA) is 60.2 Å². The van der Waals surface area contributed by atoms with E-state index in [4.69, 9.17) is 4.74 Å². The highest BCUT2D eigenvalue weighted by Gasteiger charge is 2.10. The summed E-state index contributed by atoms with van der Waals surface area (Å²) in [4.78, 5) is 23.0. The molecule has 0 fully saturated rings. The predicted molar refractivity (Wildman–Crippen MR) is 148 cm³/mol. The molecule has 0 unspecified atom stereocenters. The number of hydrogen-bond donors (Lipinski definition) is 0. The van der Waals surface area contributed by atoms with Crippen molar-refractivity contribution < 1.29 is 4.74 Å². The first-order valence-electron chi connectivity index (χ1n) is 10.9. The Morgan fingerprint density at radius 2 is 1.66 bits per heavy atom. The molecule has 35 heavy (non-hydrogen) atoms. The maximum absolute atomic E-state index is 12.3. The molecule has 188 valence electrons. The lowest BCUT2D eigenvalue weighted by Gasteiger charge is -2.22. The lowest BCUT2D eigenvalue weighted by Crippen LogP contribution is -2.28. The molecule has 0 aliphatic heterocycles. The molecule has 0 atom stereocenters. The zero-order chi connectivity index (χ0) is 22.2. The average Bonchev–Trinajstić information content (AvgIpc) is 2.84. The minimum Gasteiger partial charge on any atom is -0.493 e. The van der Waals surface area contributed by atoms with Gasteiger partial charge in [-0.25, -0.2) is 0 Å². The van der Waals surface area contributed by atoms with Crippen LogP contribution >= 0.6 is 37.2 Å². The van der Waals surface area contributed by atoms with Gasteiger partial charge in [-0.2, -0.15) is 0 Å². The number of aryl methyl sites for hydroxylation is 1. The number of rotatable bonds is 10. The second-order valence-electron chi connectivity index (χ2n) is 7.87. The Bertz CT molecular complexity index is 1210. The summed E-state index contributed by atoms with van der Waals surface area (Å²) in [6, 6.07) is 17.6. The van der Waals surface area contributed by atoms with Gasteiger partial charge >= 0.3 is 0 Å². The minimum absolute atomic E-state index is 0. The third kappa shape index (κ3) is 8.51. The molecule has 1 aromatic carbocycles. The fourth-order valence-corrected chi connectivity index (χ4v) is 3.82. The van der Waals surface area contributed by atoms with Crippen molar-refractivity contribution in [1.29, 1.82) is 0 Å². The Balaban J connectivity index is 0.00000204. The van der Waals surface area contributed by atoms with E-state index in [2.05, 4.69) is 33.1 Å². The summed E-state index contributed by atoms with van der Waals surface area (Å²) in [5, 5.41) is 0.958. The van der Waals surface area contributed by atoms with Crippen LogP contribution in [-0.4, -0.2) is 39.1 Å². The van der Waals surface area contributed by atoms with Gasteiger partial charge in [0.2, 0.25) is 0 Å². The molecule has 0 amide bonds. The third-order valence-electron chi connectivity index (χ3n) is 5.59. The largest absolute Gasteiger partial charge is 0.493 e. The van der Waals surface area contributed by atoms with E-state index >= 15 is 0 Å². The molecule has 4 rings (SSSR count). The number of nitrogens with zero attached hydrogens (tertiary/aromatic N) is 4. The Hall–Kier alpha value is -2.64. The van der Waals surface area contributed by atoms with E-state index in [-0.39, 0.29) is 42.8 Å². The van der Waals surface area contributed by atoms with Crippen LogP contribution < -0.4 is 10.3 Å². The highest BCUT2D eigenvalue weighted by atomic mass is 35.5. The van der Waals surface area contributed by atoms with E-state index in [9.17, 15) is 4.79 Å². The smallest absolute Gasteiger partial charge is 0.254 e. The van der Waals surface area contributed by atoms with E-state index in [1.807, 2.05) is 48.9 Å². The van der Waals surface area contributed by atoms with Gasteiger partial charge in [-0.3, -0.25) is 19.7 Å². The van der Waals surface area contributed by atoms with Crippen LogP contribution in [0.5, 0.6) is 5.75 Å². The van der Waals surface area contributed by atoms with Crippen molar-refractivity contribution in [2.75, 3.05) is 19.7 Å². The monoisotopic (exact) mass is 536 g/mol. The molecule has 0 aliphatic rings. The number of fused-ring (bicyclic) bond motifs is 1. The Kier molecular flexibility index (Phi) is 13.3. The maximum atomic E-state index is 12.3. The van der Waals surface area contributed by atoms with Crippen molar-refractivity contribution in [1.82, 2.24) is 19.4 Å². The van der Waals surface area contributed by atoms with Crippen LogP contribution in [0.15, 0.2) is 84.2 Å². The highest BCUT2D eigenvalue weighted by Crippen LogP contribution is 2.23. The molecule has 3 aromatic heterocycles. The van der Waals surface area contributed by atoms with Gasteiger partial charge in [-0.15, -0.1) is 37.2 Å². The van der Waals surface area contributed by atoms with Gasteiger partial charge in [0, 0.05) is 62.9 Å². The SMILES string of the molecule is Cl.Cl.Cl.Cn1c(=O)cc(OCCCN(CCc2cccnc2)Cc2ccncc2)c2ccccc21. The zero-order valence-corrected chi connectivity index (χ0v) is 22.0. The highest BCUT2D eigenvalue weighted by molar-refractivity contribution is 5.86. The van der Waals surface area contributed by atoms with E-state index in [1.165, 1.54) is 11.1 Å². The van der Waals surface area contributed by atoms with Crippen molar-refractivity contribution >= 4 is 48.1 Å². The number of benzene rings is 1. The number of para-hydroxylation sites is 1. The van der Waals surface area contributed by atoms with E-state index in [0.717, 1.165) is 43.4 Å². The lowest BCUT2D eigenvalue weighted by molar-refractivity contribution is 0.230. The number of ether oxygens (including phenoxy) is 1. The normalized spacial score (nSPS) is 10.2. The summed E-state index contributed by atoms with van der Waals surface area (Å²) in [5.41, 5.74) is 3.29.